The van der Waals surface area contributed by atoms with Crippen LogP contribution in [0.3, 0.4) is 0 Å². The Kier molecular flexibility index (Phi) is 5.70. The SMILES string of the molecule is CCCC(Cc1ccccc1)N[C@H](C)C(=O)O. The van der Waals surface area contributed by atoms with Crippen molar-refractivity contribution in [3.8, 4) is 0 Å². The van der Waals surface area contributed by atoms with Crippen LogP contribution in [0.4, 0.5) is 0 Å². The van der Waals surface area contributed by atoms with Gasteiger partial charge in [-0.15, -0.1) is 0 Å². The molecule has 0 aliphatic carbocycles. The highest BCUT2D eigenvalue weighted by Gasteiger charge is 2.16. The van der Waals surface area contributed by atoms with Gasteiger partial charge in [0.05, 0.1) is 0 Å². The van der Waals surface area contributed by atoms with E-state index in [0.717, 1.165) is 19.3 Å². The number of nitrogens with one attached hydrogen (secondary N) is 1. The third-order valence-corrected chi connectivity index (χ3v) is 2.82. The minimum absolute atomic E-state index is 0.230. The Morgan fingerprint density at radius 2 is 2.00 bits per heavy atom. The standard InChI is InChI=1S/C14H21NO2/c1-3-7-13(15-11(2)14(16)17)10-12-8-5-4-6-9-12/h4-6,8-9,11,13,15H,3,7,10H2,1-2H3,(H,16,17)/t11-,13?/m1/s1. The molecule has 0 fully saturated rings. The van der Waals surface area contributed by atoms with Gasteiger partial charge >= 0.3 is 5.97 Å². The summed E-state index contributed by atoms with van der Waals surface area (Å²) in [5, 5.41) is 12.1. The van der Waals surface area contributed by atoms with E-state index in [-0.39, 0.29) is 6.04 Å². The van der Waals surface area contributed by atoms with Gasteiger partial charge in [0, 0.05) is 6.04 Å². The summed E-state index contributed by atoms with van der Waals surface area (Å²) in [6.07, 6.45) is 2.93. The second kappa shape index (κ2) is 7.07. The fraction of sp³-hybridized carbons (Fsp3) is 0.500. The molecule has 0 heterocycles. The van der Waals surface area contributed by atoms with Crippen LogP contribution in [-0.4, -0.2) is 23.2 Å². The van der Waals surface area contributed by atoms with Gasteiger partial charge in [-0.2, -0.15) is 0 Å². The van der Waals surface area contributed by atoms with Crippen LogP contribution in [0.25, 0.3) is 0 Å². The molecule has 0 bridgehead atoms. The Bertz CT molecular complexity index is 337. The molecule has 94 valence electrons. The highest BCUT2D eigenvalue weighted by molar-refractivity contribution is 5.72. The van der Waals surface area contributed by atoms with Gasteiger partial charge in [0.25, 0.3) is 0 Å². The summed E-state index contributed by atoms with van der Waals surface area (Å²) in [5.74, 6) is -0.792. The number of benzene rings is 1. The Morgan fingerprint density at radius 3 is 2.53 bits per heavy atom. The lowest BCUT2D eigenvalue weighted by molar-refractivity contribution is -0.139. The zero-order valence-corrected chi connectivity index (χ0v) is 10.5. The molecule has 0 spiro atoms. The van der Waals surface area contributed by atoms with Gasteiger partial charge in [0.2, 0.25) is 0 Å². The van der Waals surface area contributed by atoms with E-state index in [0.29, 0.717) is 0 Å². The Hall–Kier alpha value is -1.35. The van der Waals surface area contributed by atoms with Gasteiger partial charge in [-0.25, -0.2) is 0 Å². The van der Waals surface area contributed by atoms with E-state index in [1.54, 1.807) is 6.92 Å². The van der Waals surface area contributed by atoms with Crippen molar-refractivity contribution in [2.24, 2.45) is 0 Å². The largest absolute Gasteiger partial charge is 0.480 e. The molecule has 0 aliphatic rings. The summed E-state index contributed by atoms with van der Waals surface area (Å²) < 4.78 is 0. The minimum Gasteiger partial charge on any atom is -0.480 e. The van der Waals surface area contributed by atoms with E-state index in [1.165, 1.54) is 5.56 Å². The van der Waals surface area contributed by atoms with Crippen LogP contribution in [0, 0.1) is 0 Å². The first-order valence-corrected chi connectivity index (χ1v) is 6.16. The minimum atomic E-state index is -0.792. The van der Waals surface area contributed by atoms with Gasteiger partial charge in [-0.05, 0) is 25.3 Å². The number of aliphatic carboxylic acids is 1. The summed E-state index contributed by atoms with van der Waals surface area (Å²) in [5.41, 5.74) is 1.25. The fourth-order valence-electron chi connectivity index (χ4n) is 1.92. The maximum Gasteiger partial charge on any atom is 0.320 e. The number of carbonyl (C=O) groups is 1. The van der Waals surface area contributed by atoms with Crippen molar-refractivity contribution in [1.29, 1.82) is 0 Å². The Balaban J connectivity index is 2.57. The number of carboxylic acids is 1. The molecular weight excluding hydrogens is 214 g/mol. The first kappa shape index (κ1) is 13.7. The Labute approximate surface area is 103 Å². The first-order chi connectivity index (χ1) is 8.13. The number of rotatable bonds is 7. The number of carboxylic acid groups (broad SMARTS) is 1. The molecule has 17 heavy (non-hydrogen) atoms. The summed E-state index contributed by atoms with van der Waals surface area (Å²) >= 11 is 0. The maximum atomic E-state index is 10.8. The normalized spacial score (nSPS) is 14.2. The van der Waals surface area contributed by atoms with E-state index >= 15 is 0 Å². The maximum absolute atomic E-state index is 10.8. The lowest BCUT2D eigenvalue weighted by atomic mass is 10.0. The van der Waals surface area contributed by atoms with E-state index < -0.39 is 12.0 Å². The molecule has 0 saturated carbocycles. The molecular formula is C14H21NO2. The molecule has 0 radical (unpaired) electrons. The number of hydrogen-bond donors (Lipinski definition) is 2. The van der Waals surface area contributed by atoms with Gasteiger partial charge in [-0.1, -0.05) is 43.7 Å². The van der Waals surface area contributed by atoms with Crippen LogP contribution in [-0.2, 0) is 11.2 Å². The lowest BCUT2D eigenvalue weighted by Crippen LogP contribution is -2.42. The van der Waals surface area contributed by atoms with Gasteiger partial charge in [0.1, 0.15) is 6.04 Å². The molecule has 0 aromatic heterocycles. The van der Waals surface area contributed by atoms with Crippen molar-refractivity contribution in [2.45, 2.75) is 45.2 Å². The first-order valence-electron chi connectivity index (χ1n) is 6.16. The third-order valence-electron chi connectivity index (χ3n) is 2.82. The molecule has 0 saturated heterocycles. The van der Waals surface area contributed by atoms with Crippen molar-refractivity contribution in [3.63, 3.8) is 0 Å². The highest BCUT2D eigenvalue weighted by Crippen LogP contribution is 2.08. The molecule has 2 atom stereocenters. The summed E-state index contributed by atoms with van der Waals surface area (Å²) in [4.78, 5) is 10.8. The molecule has 1 aromatic rings. The topological polar surface area (TPSA) is 49.3 Å². The fourth-order valence-corrected chi connectivity index (χ4v) is 1.92. The quantitative estimate of drug-likeness (QED) is 0.763. The molecule has 0 aliphatic heterocycles. The van der Waals surface area contributed by atoms with Crippen LogP contribution < -0.4 is 5.32 Å². The zero-order chi connectivity index (χ0) is 12.7. The predicted molar refractivity (Wildman–Crippen MR) is 69.1 cm³/mol. The van der Waals surface area contributed by atoms with E-state index in [1.807, 2.05) is 18.2 Å². The molecule has 2 N–H and O–H groups in total. The van der Waals surface area contributed by atoms with Gasteiger partial charge < -0.3 is 10.4 Å². The van der Waals surface area contributed by atoms with Crippen molar-refractivity contribution in [2.75, 3.05) is 0 Å². The zero-order valence-electron chi connectivity index (χ0n) is 10.5. The molecule has 1 rings (SSSR count). The molecule has 3 heteroatoms. The van der Waals surface area contributed by atoms with Crippen molar-refractivity contribution in [1.82, 2.24) is 5.32 Å². The summed E-state index contributed by atoms with van der Waals surface area (Å²) in [6.45, 7) is 3.81. The van der Waals surface area contributed by atoms with Crippen LogP contribution in [0.2, 0.25) is 0 Å². The summed E-state index contributed by atoms with van der Waals surface area (Å²) in [6, 6.07) is 9.92. The van der Waals surface area contributed by atoms with Gasteiger partial charge in [0.15, 0.2) is 0 Å². The average molecular weight is 235 g/mol. The van der Waals surface area contributed by atoms with Crippen LogP contribution in [0.5, 0.6) is 0 Å². The molecule has 0 amide bonds. The van der Waals surface area contributed by atoms with Crippen LogP contribution in [0.1, 0.15) is 32.3 Å². The molecule has 1 unspecified atom stereocenters. The van der Waals surface area contributed by atoms with Gasteiger partial charge in [-0.3, -0.25) is 4.79 Å². The highest BCUT2D eigenvalue weighted by atomic mass is 16.4. The van der Waals surface area contributed by atoms with Crippen molar-refractivity contribution < 1.29 is 9.90 Å². The smallest absolute Gasteiger partial charge is 0.320 e. The average Bonchev–Trinajstić information content (AvgIpc) is 2.30. The van der Waals surface area contributed by atoms with Crippen molar-refractivity contribution >= 4 is 5.97 Å². The predicted octanol–water partition coefficient (Wildman–Crippen LogP) is 2.46. The van der Waals surface area contributed by atoms with Crippen molar-refractivity contribution in [3.05, 3.63) is 35.9 Å². The second-order valence-electron chi connectivity index (χ2n) is 4.40. The number of hydrogen-bond acceptors (Lipinski definition) is 2. The van der Waals surface area contributed by atoms with Crippen LogP contribution >= 0.6 is 0 Å². The lowest BCUT2D eigenvalue weighted by Gasteiger charge is -2.20. The molecule has 3 nitrogen and oxygen atoms in total. The third kappa shape index (κ3) is 5.00. The van der Waals surface area contributed by atoms with E-state index in [4.69, 9.17) is 5.11 Å². The second-order valence-corrected chi connectivity index (χ2v) is 4.40. The summed E-state index contributed by atoms with van der Waals surface area (Å²) in [7, 11) is 0. The monoisotopic (exact) mass is 235 g/mol. The van der Waals surface area contributed by atoms with E-state index in [9.17, 15) is 4.79 Å². The molecule has 1 aromatic carbocycles. The Morgan fingerprint density at radius 1 is 1.35 bits per heavy atom. The van der Waals surface area contributed by atoms with Crippen LogP contribution in [0.15, 0.2) is 30.3 Å². The van der Waals surface area contributed by atoms with E-state index in [2.05, 4.69) is 24.4 Å².